The Morgan fingerprint density at radius 3 is 2.38 bits per heavy atom. The van der Waals surface area contributed by atoms with Gasteiger partial charge in [-0.25, -0.2) is 8.78 Å². The average Bonchev–Trinajstić information content (AvgIpc) is 2.44. The number of rotatable bonds is 4. The lowest BCUT2D eigenvalue weighted by Crippen LogP contribution is -2.51. The van der Waals surface area contributed by atoms with Crippen molar-refractivity contribution in [2.45, 2.75) is 12.0 Å². The molecule has 0 spiro atoms. The monoisotopic (exact) mass is 448 g/mol. The molecule has 0 aromatic heterocycles. The molecule has 0 radical (unpaired) electrons. The van der Waals surface area contributed by atoms with Crippen molar-refractivity contribution in [2.24, 2.45) is 0 Å². The maximum atomic E-state index is 14.2. The third-order valence-electron chi connectivity index (χ3n) is 3.39. The highest BCUT2D eigenvalue weighted by Gasteiger charge is 2.44. The van der Waals surface area contributed by atoms with Gasteiger partial charge in [-0.05, 0) is 49.6 Å². The van der Waals surface area contributed by atoms with E-state index in [1.54, 1.807) is 23.1 Å². The molecule has 120 valence electrons. The number of alkyl halides is 2. The molecule has 2 rings (SSSR count). The van der Waals surface area contributed by atoms with Gasteiger partial charge in [-0.1, -0.05) is 6.07 Å². The first kappa shape index (κ1) is 19.3. The van der Waals surface area contributed by atoms with Crippen LogP contribution in [-0.2, 0) is 0 Å². The molecule has 1 aromatic rings. The number of hydrogen-bond donors (Lipinski definition) is 2. The van der Waals surface area contributed by atoms with Gasteiger partial charge in [0, 0.05) is 35.1 Å². The Kier molecular flexibility index (Phi) is 7.49. The van der Waals surface area contributed by atoms with Crippen LogP contribution in [0.3, 0.4) is 0 Å². The van der Waals surface area contributed by atoms with Crippen LogP contribution in [-0.4, -0.2) is 48.7 Å². The molecule has 1 fully saturated rings. The summed E-state index contributed by atoms with van der Waals surface area (Å²) in [6.07, 6.45) is 0. The van der Waals surface area contributed by atoms with E-state index in [1.807, 2.05) is 0 Å². The van der Waals surface area contributed by atoms with Crippen LogP contribution in [0, 0.1) is 0 Å². The Morgan fingerprint density at radius 1 is 1.24 bits per heavy atom. The van der Waals surface area contributed by atoms with Crippen molar-refractivity contribution in [3.63, 3.8) is 0 Å². The highest BCUT2D eigenvalue weighted by atomic mass is 79.9. The average molecular weight is 451 g/mol. The predicted octanol–water partition coefficient (Wildman–Crippen LogP) is 3.21. The van der Waals surface area contributed by atoms with Gasteiger partial charge in [0.15, 0.2) is 0 Å². The van der Waals surface area contributed by atoms with E-state index in [-0.39, 0.29) is 12.4 Å². The summed E-state index contributed by atoms with van der Waals surface area (Å²) in [4.78, 5) is 1.72. The van der Waals surface area contributed by atoms with Crippen LogP contribution in [0.2, 0.25) is 0 Å². The second-order valence-electron chi connectivity index (χ2n) is 4.78. The van der Waals surface area contributed by atoms with Crippen LogP contribution < -0.4 is 5.32 Å². The summed E-state index contributed by atoms with van der Waals surface area (Å²) in [5.41, 5.74) is 0.501. The molecule has 21 heavy (non-hydrogen) atoms. The molecule has 1 heterocycles. The van der Waals surface area contributed by atoms with Crippen molar-refractivity contribution in [3.05, 3.63) is 32.7 Å². The first-order valence-corrected chi connectivity index (χ1v) is 7.92. The zero-order valence-electron chi connectivity index (χ0n) is 11.2. The Labute approximate surface area is 145 Å². The Morgan fingerprint density at radius 2 is 1.86 bits per heavy atom. The first-order chi connectivity index (χ1) is 9.45. The van der Waals surface area contributed by atoms with Crippen LogP contribution in [0.25, 0.3) is 0 Å². The minimum atomic E-state index is -3.18. The van der Waals surface area contributed by atoms with Gasteiger partial charge in [-0.2, -0.15) is 0 Å². The van der Waals surface area contributed by atoms with E-state index >= 15 is 0 Å². The minimum absolute atomic E-state index is 0. The standard InChI is InChI=1S/C13H16Br2F2N2O.ClH/c14-10-2-1-9(7-11(10)15)12(13(16,17)8-20)19-5-3-18-4-6-19;/h1-2,7,12,18,20H,3-6,8H2;1H/t12-;/m0./s1. The maximum Gasteiger partial charge on any atom is 0.289 e. The van der Waals surface area contributed by atoms with E-state index in [0.29, 0.717) is 31.7 Å². The smallest absolute Gasteiger partial charge is 0.289 e. The molecule has 0 amide bonds. The van der Waals surface area contributed by atoms with Crippen LogP contribution in [0.4, 0.5) is 8.78 Å². The van der Waals surface area contributed by atoms with Gasteiger partial charge in [0.2, 0.25) is 0 Å². The summed E-state index contributed by atoms with van der Waals surface area (Å²) in [6, 6.07) is 3.98. The highest BCUT2D eigenvalue weighted by Crippen LogP contribution is 2.38. The normalized spacial score (nSPS) is 18.1. The van der Waals surface area contributed by atoms with Crippen LogP contribution in [0.15, 0.2) is 27.1 Å². The number of benzene rings is 1. The second kappa shape index (κ2) is 8.17. The summed E-state index contributed by atoms with van der Waals surface area (Å²) in [6.45, 7) is 1.27. The Hall–Kier alpha value is 0.210. The minimum Gasteiger partial charge on any atom is -0.390 e. The summed E-state index contributed by atoms with van der Waals surface area (Å²) in [7, 11) is 0. The second-order valence-corrected chi connectivity index (χ2v) is 6.49. The van der Waals surface area contributed by atoms with Crippen molar-refractivity contribution in [1.82, 2.24) is 10.2 Å². The number of aliphatic hydroxyl groups is 1. The van der Waals surface area contributed by atoms with Gasteiger partial charge in [0.25, 0.3) is 5.92 Å². The third kappa shape index (κ3) is 4.59. The van der Waals surface area contributed by atoms with Gasteiger partial charge < -0.3 is 10.4 Å². The molecule has 8 heteroatoms. The van der Waals surface area contributed by atoms with Crippen molar-refractivity contribution in [3.8, 4) is 0 Å². The summed E-state index contributed by atoms with van der Waals surface area (Å²) >= 11 is 6.68. The van der Waals surface area contributed by atoms with Gasteiger partial charge in [0.05, 0.1) is 0 Å². The first-order valence-electron chi connectivity index (χ1n) is 6.34. The largest absolute Gasteiger partial charge is 0.390 e. The molecule has 1 aliphatic rings. The molecule has 2 N–H and O–H groups in total. The third-order valence-corrected chi connectivity index (χ3v) is 5.27. The topological polar surface area (TPSA) is 35.5 Å². The number of hydrogen-bond acceptors (Lipinski definition) is 3. The molecule has 0 bridgehead atoms. The molecule has 0 saturated carbocycles. The number of aliphatic hydroxyl groups excluding tert-OH is 1. The lowest BCUT2D eigenvalue weighted by Gasteiger charge is -2.38. The fraction of sp³-hybridized carbons (Fsp3) is 0.538. The van der Waals surface area contributed by atoms with Crippen molar-refractivity contribution in [1.29, 1.82) is 0 Å². The quantitative estimate of drug-likeness (QED) is 0.740. The van der Waals surface area contributed by atoms with E-state index in [4.69, 9.17) is 5.11 Å². The fourth-order valence-corrected chi connectivity index (χ4v) is 3.07. The highest BCUT2D eigenvalue weighted by molar-refractivity contribution is 9.13. The zero-order chi connectivity index (χ0) is 14.8. The van der Waals surface area contributed by atoms with Crippen LogP contribution in [0.5, 0.6) is 0 Å². The summed E-state index contributed by atoms with van der Waals surface area (Å²) < 4.78 is 29.9. The van der Waals surface area contributed by atoms with Crippen LogP contribution in [0.1, 0.15) is 11.6 Å². The molecule has 3 nitrogen and oxygen atoms in total. The molecule has 0 unspecified atom stereocenters. The molecule has 1 saturated heterocycles. The van der Waals surface area contributed by atoms with E-state index in [9.17, 15) is 8.78 Å². The number of nitrogens with zero attached hydrogens (tertiary/aromatic N) is 1. The summed E-state index contributed by atoms with van der Waals surface area (Å²) in [5, 5.41) is 12.2. The SMILES string of the molecule is Cl.OCC(F)(F)[C@H](c1ccc(Br)c(Br)c1)N1CCNCC1. The molecule has 0 aliphatic carbocycles. The van der Waals surface area contributed by atoms with E-state index < -0.39 is 18.6 Å². The van der Waals surface area contributed by atoms with Gasteiger partial charge >= 0.3 is 0 Å². The lowest BCUT2D eigenvalue weighted by atomic mass is 9.98. The van der Waals surface area contributed by atoms with Crippen LogP contribution >= 0.6 is 44.3 Å². The fourth-order valence-electron chi connectivity index (χ4n) is 2.43. The Balaban J connectivity index is 0.00000220. The molecular formula is C13H17Br2ClF2N2O. The van der Waals surface area contributed by atoms with E-state index in [2.05, 4.69) is 37.2 Å². The van der Waals surface area contributed by atoms with Gasteiger partial charge in [0.1, 0.15) is 12.6 Å². The molecule has 1 aliphatic heterocycles. The number of nitrogens with one attached hydrogen (secondary N) is 1. The number of halogens is 5. The van der Waals surface area contributed by atoms with E-state index in [1.165, 1.54) is 0 Å². The Bertz CT molecular complexity index is 473. The predicted molar refractivity (Wildman–Crippen MR) is 88.3 cm³/mol. The van der Waals surface area contributed by atoms with E-state index in [0.717, 1.165) is 8.95 Å². The summed E-state index contributed by atoms with van der Waals surface area (Å²) in [5.74, 6) is -3.18. The van der Waals surface area contributed by atoms with Crippen molar-refractivity contribution in [2.75, 3.05) is 32.8 Å². The maximum absolute atomic E-state index is 14.2. The molecule has 1 atom stereocenters. The molecular weight excluding hydrogens is 433 g/mol. The van der Waals surface area contributed by atoms with Crippen molar-refractivity contribution < 1.29 is 13.9 Å². The van der Waals surface area contributed by atoms with Gasteiger partial charge in [-0.15, -0.1) is 12.4 Å². The van der Waals surface area contributed by atoms with Gasteiger partial charge in [-0.3, -0.25) is 4.90 Å². The van der Waals surface area contributed by atoms with Crippen molar-refractivity contribution >= 4 is 44.3 Å². The number of piperazine rings is 1. The molecule has 1 aromatic carbocycles. The lowest BCUT2D eigenvalue weighted by molar-refractivity contribution is -0.118. The zero-order valence-corrected chi connectivity index (χ0v) is 15.1.